The van der Waals surface area contributed by atoms with E-state index in [1.54, 1.807) is 7.11 Å². The van der Waals surface area contributed by atoms with Gasteiger partial charge in [0, 0.05) is 13.5 Å². The highest BCUT2D eigenvalue weighted by molar-refractivity contribution is 5.71. The van der Waals surface area contributed by atoms with Gasteiger partial charge in [-0.2, -0.15) is 0 Å². The van der Waals surface area contributed by atoms with E-state index in [1.807, 2.05) is 6.92 Å². The number of rotatable bonds is 4. The van der Waals surface area contributed by atoms with Crippen LogP contribution < -0.4 is 0 Å². The highest BCUT2D eigenvalue weighted by atomic mass is 16.5. The molecule has 0 fully saturated rings. The largest absolute Gasteiger partial charge is 0.381 e. The molecule has 0 amide bonds. The Kier molecular flexibility index (Phi) is 3.97. The van der Waals surface area contributed by atoms with Crippen LogP contribution in [0.1, 0.15) is 13.3 Å². The smallest absolute Gasteiger partial charge is 0.145 e. The zero-order chi connectivity index (χ0) is 7.28. The van der Waals surface area contributed by atoms with E-state index < -0.39 is 0 Å². The zero-order valence-electron chi connectivity index (χ0n) is 5.89. The first-order valence-electron chi connectivity index (χ1n) is 2.86. The summed E-state index contributed by atoms with van der Waals surface area (Å²) in [7, 11) is 1.61. The van der Waals surface area contributed by atoms with Crippen molar-refractivity contribution in [3.8, 4) is 0 Å². The van der Waals surface area contributed by atoms with E-state index in [4.69, 9.17) is 4.74 Å². The maximum Gasteiger partial charge on any atom is 0.145 e. The molecule has 0 aromatic heterocycles. The molecular weight excluding hydrogens is 116 g/mol. The summed E-state index contributed by atoms with van der Waals surface area (Å²) in [5.74, 6) is 0. The molecule has 0 bridgehead atoms. The van der Waals surface area contributed by atoms with Gasteiger partial charge in [-0.05, 0) is 12.5 Å². The molecule has 9 heavy (non-hydrogen) atoms. The fourth-order valence-corrected chi connectivity index (χ4v) is 0.501. The molecule has 52 valence electrons. The third-order valence-corrected chi connectivity index (χ3v) is 1.12. The van der Waals surface area contributed by atoms with E-state index in [-0.39, 0.29) is 6.10 Å². The van der Waals surface area contributed by atoms with E-state index in [9.17, 15) is 4.79 Å². The summed E-state index contributed by atoms with van der Waals surface area (Å²) in [4.78, 5) is 10.0. The van der Waals surface area contributed by atoms with Crippen molar-refractivity contribution in [1.29, 1.82) is 0 Å². The second kappa shape index (κ2) is 4.27. The van der Waals surface area contributed by atoms with Gasteiger partial charge in [-0.15, -0.1) is 0 Å². The average molecular weight is 128 g/mol. The average Bonchev–Trinajstić information content (AvgIpc) is 1.87. The van der Waals surface area contributed by atoms with Gasteiger partial charge in [-0.3, -0.25) is 4.79 Å². The van der Waals surface area contributed by atoms with Crippen molar-refractivity contribution < 1.29 is 9.53 Å². The van der Waals surface area contributed by atoms with Gasteiger partial charge < -0.3 is 4.74 Å². The molecule has 0 rings (SSSR count). The van der Waals surface area contributed by atoms with Gasteiger partial charge in [-0.25, -0.2) is 0 Å². The molecule has 0 heterocycles. The molecule has 2 nitrogen and oxygen atoms in total. The molecule has 0 saturated heterocycles. The summed E-state index contributed by atoms with van der Waals surface area (Å²) in [6, 6.07) is 0. The number of ether oxygens (including phenoxy) is 1. The van der Waals surface area contributed by atoms with Crippen molar-refractivity contribution in [1.82, 2.24) is 0 Å². The summed E-state index contributed by atoms with van der Waals surface area (Å²) in [5, 5.41) is 0. The molecule has 0 aliphatic carbocycles. The fourth-order valence-electron chi connectivity index (χ4n) is 0.501. The van der Waals surface area contributed by atoms with Crippen molar-refractivity contribution in [2.45, 2.75) is 19.4 Å². The Morgan fingerprint density at radius 1 is 1.89 bits per heavy atom. The van der Waals surface area contributed by atoms with Crippen molar-refractivity contribution in [3.63, 3.8) is 0 Å². The lowest BCUT2D eigenvalue weighted by atomic mass is 10.2. The quantitative estimate of drug-likeness (QED) is 0.419. The molecular formula is C7H12O2. The van der Waals surface area contributed by atoms with Crippen molar-refractivity contribution in [2.24, 2.45) is 0 Å². The molecule has 0 aromatic rings. The van der Waals surface area contributed by atoms with E-state index in [0.29, 0.717) is 12.0 Å². The van der Waals surface area contributed by atoms with Gasteiger partial charge in [0.1, 0.15) is 6.29 Å². The maximum atomic E-state index is 10.0. The summed E-state index contributed by atoms with van der Waals surface area (Å²) < 4.78 is 4.90. The summed E-state index contributed by atoms with van der Waals surface area (Å²) in [5.41, 5.74) is 0.587. The molecule has 1 unspecified atom stereocenters. The van der Waals surface area contributed by atoms with Crippen LogP contribution in [0.25, 0.3) is 0 Å². The minimum atomic E-state index is 0.0997. The Hall–Kier alpha value is -0.630. The highest BCUT2D eigenvalue weighted by Gasteiger charge is 1.99. The molecule has 0 radical (unpaired) electrons. The number of carbonyl (C=O) groups is 1. The van der Waals surface area contributed by atoms with Crippen molar-refractivity contribution in [3.05, 3.63) is 12.2 Å². The predicted octanol–water partition coefficient (Wildman–Crippen LogP) is 1.17. The van der Waals surface area contributed by atoms with Crippen LogP contribution in [0.2, 0.25) is 0 Å². The van der Waals surface area contributed by atoms with E-state index in [0.717, 1.165) is 6.29 Å². The highest BCUT2D eigenvalue weighted by Crippen LogP contribution is 2.01. The van der Waals surface area contributed by atoms with Crippen LogP contribution in [0.4, 0.5) is 0 Å². The first-order valence-corrected chi connectivity index (χ1v) is 2.86. The predicted molar refractivity (Wildman–Crippen MR) is 36.3 cm³/mol. The minimum Gasteiger partial charge on any atom is -0.381 e. The van der Waals surface area contributed by atoms with Crippen molar-refractivity contribution >= 4 is 6.29 Å². The Balaban J connectivity index is 3.46. The Bertz CT molecular complexity index is 107. The molecule has 0 aliphatic heterocycles. The molecule has 0 aliphatic rings. The number of aldehydes is 1. The standard InChI is InChI=1S/C7H12O2/c1-6(5-8)4-7(2)9-3/h5,7H,1,4H2,2-3H3. The third-order valence-electron chi connectivity index (χ3n) is 1.12. The van der Waals surface area contributed by atoms with E-state index >= 15 is 0 Å². The van der Waals surface area contributed by atoms with Crippen LogP contribution in [0.5, 0.6) is 0 Å². The number of carbonyl (C=O) groups excluding carboxylic acids is 1. The lowest BCUT2D eigenvalue weighted by Gasteiger charge is -2.06. The van der Waals surface area contributed by atoms with Crippen LogP contribution in [0.15, 0.2) is 12.2 Å². The third kappa shape index (κ3) is 3.91. The molecule has 0 spiro atoms. The van der Waals surface area contributed by atoms with Gasteiger partial charge in [-0.1, -0.05) is 6.58 Å². The van der Waals surface area contributed by atoms with Crippen LogP contribution >= 0.6 is 0 Å². The first-order chi connectivity index (χ1) is 4.20. The van der Waals surface area contributed by atoms with Crippen LogP contribution in [0.3, 0.4) is 0 Å². The molecule has 2 heteroatoms. The second-order valence-electron chi connectivity index (χ2n) is 2.03. The summed E-state index contributed by atoms with van der Waals surface area (Å²) in [6.45, 7) is 5.41. The van der Waals surface area contributed by atoms with E-state index in [2.05, 4.69) is 6.58 Å². The van der Waals surface area contributed by atoms with Gasteiger partial charge >= 0.3 is 0 Å². The zero-order valence-corrected chi connectivity index (χ0v) is 5.89. The Morgan fingerprint density at radius 3 is 2.78 bits per heavy atom. The van der Waals surface area contributed by atoms with Crippen molar-refractivity contribution in [2.75, 3.05) is 7.11 Å². The SMILES string of the molecule is C=C(C=O)CC(C)OC. The normalized spacial score (nSPS) is 12.7. The van der Waals surface area contributed by atoms with Crippen LogP contribution in [-0.4, -0.2) is 19.5 Å². The lowest BCUT2D eigenvalue weighted by Crippen LogP contribution is -2.05. The van der Waals surface area contributed by atoms with Gasteiger partial charge in [0.25, 0.3) is 0 Å². The number of hydrogen-bond donors (Lipinski definition) is 0. The summed E-state index contributed by atoms with van der Waals surface area (Å²) >= 11 is 0. The topological polar surface area (TPSA) is 26.3 Å². The number of hydrogen-bond acceptors (Lipinski definition) is 2. The molecule has 0 N–H and O–H groups in total. The van der Waals surface area contributed by atoms with Crippen LogP contribution in [-0.2, 0) is 9.53 Å². The monoisotopic (exact) mass is 128 g/mol. The molecule has 1 atom stereocenters. The van der Waals surface area contributed by atoms with E-state index in [1.165, 1.54) is 0 Å². The Labute approximate surface area is 55.5 Å². The lowest BCUT2D eigenvalue weighted by molar-refractivity contribution is -0.105. The van der Waals surface area contributed by atoms with Gasteiger partial charge in [0.15, 0.2) is 0 Å². The first kappa shape index (κ1) is 8.37. The Morgan fingerprint density at radius 2 is 2.44 bits per heavy atom. The molecule has 0 aromatic carbocycles. The van der Waals surface area contributed by atoms with Gasteiger partial charge in [0.2, 0.25) is 0 Å². The maximum absolute atomic E-state index is 10.0. The minimum absolute atomic E-state index is 0.0997. The second-order valence-corrected chi connectivity index (χ2v) is 2.03. The fraction of sp³-hybridized carbons (Fsp3) is 0.571. The van der Waals surface area contributed by atoms with Gasteiger partial charge in [0.05, 0.1) is 6.10 Å². The number of methoxy groups -OCH3 is 1. The van der Waals surface area contributed by atoms with Crippen LogP contribution in [0, 0.1) is 0 Å². The molecule has 0 saturated carbocycles. The summed E-state index contributed by atoms with van der Waals surface area (Å²) in [6.07, 6.45) is 1.48.